The summed E-state index contributed by atoms with van der Waals surface area (Å²) in [5.74, 6) is -3.69. The number of carboxylic acids is 1. The molecule has 0 heterocycles. The highest BCUT2D eigenvalue weighted by molar-refractivity contribution is 6.13. The minimum atomic E-state index is -1.44. The van der Waals surface area contributed by atoms with Gasteiger partial charge in [-0.2, -0.15) is 0 Å². The second-order valence-electron chi connectivity index (χ2n) is 4.04. The number of carboxylic acid groups (broad SMARTS) is 1. The van der Waals surface area contributed by atoms with Crippen LogP contribution in [-0.2, 0) is 0 Å². The van der Waals surface area contributed by atoms with Crippen molar-refractivity contribution in [3.05, 3.63) is 53.1 Å². The molecule has 0 amide bonds. The van der Waals surface area contributed by atoms with Gasteiger partial charge in [-0.05, 0) is 18.2 Å². The molecule has 0 radical (unpaired) electrons. The SMILES string of the molecule is O=C(O)c1cc(C(=O)c2ccccc2O)c(O)cc1O. The first-order chi connectivity index (χ1) is 9.41. The van der Waals surface area contributed by atoms with E-state index in [0.29, 0.717) is 0 Å². The van der Waals surface area contributed by atoms with Crippen LogP contribution in [0, 0.1) is 0 Å². The van der Waals surface area contributed by atoms with Crippen LogP contribution >= 0.6 is 0 Å². The van der Waals surface area contributed by atoms with Gasteiger partial charge in [0.25, 0.3) is 0 Å². The van der Waals surface area contributed by atoms with Crippen molar-refractivity contribution in [1.82, 2.24) is 0 Å². The molecule has 0 unspecified atom stereocenters. The lowest BCUT2D eigenvalue weighted by Crippen LogP contribution is -2.05. The topological polar surface area (TPSA) is 115 Å². The lowest BCUT2D eigenvalue weighted by atomic mass is 9.99. The molecule has 0 aliphatic carbocycles. The van der Waals surface area contributed by atoms with Crippen LogP contribution in [0.5, 0.6) is 17.2 Å². The molecule has 4 N–H and O–H groups in total. The van der Waals surface area contributed by atoms with Gasteiger partial charge in [0, 0.05) is 6.07 Å². The summed E-state index contributed by atoms with van der Waals surface area (Å²) < 4.78 is 0. The number of para-hydroxylation sites is 1. The third-order valence-corrected chi connectivity index (χ3v) is 2.74. The molecule has 0 aromatic heterocycles. The highest BCUT2D eigenvalue weighted by atomic mass is 16.4. The molecule has 2 rings (SSSR count). The molecular formula is C14H10O6. The lowest BCUT2D eigenvalue weighted by molar-refractivity contribution is 0.0693. The maximum absolute atomic E-state index is 12.2. The highest BCUT2D eigenvalue weighted by Gasteiger charge is 2.21. The number of rotatable bonds is 3. The number of carbonyl (C=O) groups is 2. The Morgan fingerprint density at radius 2 is 1.35 bits per heavy atom. The lowest BCUT2D eigenvalue weighted by Gasteiger charge is -2.08. The van der Waals surface area contributed by atoms with Gasteiger partial charge in [-0.1, -0.05) is 12.1 Å². The number of hydrogen-bond donors (Lipinski definition) is 4. The molecule has 20 heavy (non-hydrogen) atoms. The van der Waals surface area contributed by atoms with E-state index < -0.39 is 28.8 Å². The summed E-state index contributed by atoms with van der Waals surface area (Å²) in [6.45, 7) is 0. The van der Waals surface area contributed by atoms with E-state index in [1.165, 1.54) is 24.3 Å². The number of hydrogen-bond acceptors (Lipinski definition) is 5. The zero-order chi connectivity index (χ0) is 14.9. The van der Waals surface area contributed by atoms with Gasteiger partial charge in [0.15, 0.2) is 5.78 Å². The molecule has 0 saturated carbocycles. The quantitative estimate of drug-likeness (QED) is 0.633. The van der Waals surface area contributed by atoms with Crippen LogP contribution in [0.25, 0.3) is 0 Å². The first kappa shape index (κ1) is 13.4. The molecule has 0 fully saturated rings. The first-order valence-electron chi connectivity index (χ1n) is 5.53. The van der Waals surface area contributed by atoms with Crippen molar-refractivity contribution < 1.29 is 30.0 Å². The van der Waals surface area contributed by atoms with Crippen LogP contribution in [0.2, 0.25) is 0 Å². The Hall–Kier alpha value is -3.02. The Balaban J connectivity index is 2.58. The normalized spacial score (nSPS) is 10.2. The number of carbonyl (C=O) groups excluding carboxylic acids is 1. The molecule has 6 nitrogen and oxygen atoms in total. The highest BCUT2D eigenvalue weighted by Crippen LogP contribution is 2.30. The third-order valence-electron chi connectivity index (χ3n) is 2.74. The number of benzene rings is 2. The summed E-state index contributed by atoms with van der Waals surface area (Å²) in [7, 11) is 0. The summed E-state index contributed by atoms with van der Waals surface area (Å²) >= 11 is 0. The molecule has 2 aromatic carbocycles. The van der Waals surface area contributed by atoms with Crippen molar-refractivity contribution in [3.63, 3.8) is 0 Å². The molecule has 6 heteroatoms. The average molecular weight is 274 g/mol. The maximum Gasteiger partial charge on any atom is 0.339 e. The maximum atomic E-state index is 12.2. The molecule has 0 aliphatic heterocycles. The second kappa shape index (κ2) is 4.93. The minimum Gasteiger partial charge on any atom is -0.507 e. The van der Waals surface area contributed by atoms with Gasteiger partial charge < -0.3 is 20.4 Å². The van der Waals surface area contributed by atoms with Crippen LogP contribution in [0.15, 0.2) is 36.4 Å². The van der Waals surface area contributed by atoms with E-state index in [2.05, 4.69) is 0 Å². The Kier molecular flexibility index (Phi) is 3.30. The van der Waals surface area contributed by atoms with Crippen molar-refractivity contribution in [3.8, 4) is 17.2 Å². The van der Waals surface area contributed by atoms with Crippen LogP contribution in [0.1, 0.15) is 26.3 Å². The fourth-order valence-corrected chi connectivity index (χ4v) is 1.74. The number of phenolic OH excluding ortho intramolecular Hbond substituents is 2. The molecule has 0 saturated heterocycles. The third kappa shape index (κ3) is 2.26. The van der Waals surface area contributed by atoms with Crippen LogP contribution in [-0.4, -0.2) is 32.2 Å². The van der Waals surface area contributed by atoms with Crippen LogP contribution in [0.4, 0.5) is 0 Å². The molecule has 0 aliphatic rings. The van der Waals surface area contributed by atoms with Gasteiger partial charge in [0.1, 0.15) is 22.8 Å². The van der Waals surface area contributed by atoms with E-state index in [1.807, 2.05) is 0 Å². The molecule has 2 aromatic rings. The monoisotopic (exact) mass is 274 g/mol. The number of phenols is 3. The van der Waals surface area contributed by atoms with Crippen molar-refractivity contribution in [1.29, 1.82) is 0 Å². The van der Waals surface area contributed by atoms with E-state index in [1.54, 1.807) is 0 Å². The first-order valence-corrected chi connectivity index (χ1v) is 5.53. The Bertz CT molecular complexity index is 705. The smallest absolute Gasteiger partial charge is 0.339 e. The zero-order valence-electron chi connectivity index (χ0n) is 10.1. The predicted octanol–water partition coefficient (Wildman–Crippen LogP) is 1.73. The minimum absolute atomic E-state index is 0.0789. The fourth-order valence-electron chi connectivity index (χ4n) is 1.74. The summed E-state index contributed by atoms with van der Waals surface area (Å²) in [5, 5.41) is 37.5. The van der Waals surface area contributed by atoms with Crippen molar-refractivity contribution >= 4 is 11.8 Å². The van der Waals surface area contributed by atoms with Gasteiger partial charge in [-0.15, -0.1) is 0 Å². The predicted molar refractivity (Wildman–Crippen MR) is 68.3 cm³/mol. The standard InChI is InChI=1S/C14H10O6/c15-10-4-2-1-3-7(10)13(18)8-5-9(14(19)20)12(17)6-11(8)16/h1-6,15-17H,(H,19,20). The molecule has 0 spiro atoms. The molecule has 0 atom stereocenters. The Morgan fingerprint density at radius 1 is 0.750 bits per heavy atom. The summed E-state index contributed by atoms with van der Waals surface area (Å²) in [4.78, 5) is 23.1. The molecule has 0 bridgehead atoms. The molecule has 102 valence electrons. The van der Waals surface area contributed by atoms with Gasteiger partial charge in [-0.25, -0.2) is 4.79 Å². The van der Waals surface area contributed by atoms with Gasteiger partial charge in [0.2, 0.25) is 0 Å². The van der Waals surface area contributed by atoms with Crippen molar-refractivity contribution in [2.24, 2.45) is 0 Å². The largest absolute Gasteiger partial charge is 0.507 e. The van der Waals surface area contributed by atoms with Gasteiger partial charge in [0.05, 0.1) is 11.1 Å². The van der Waals surface area contributed by atoms with Crippen molar-refractivity contribution in [2.75, 3.05) is 0 Å². The van der Waals surface area contributed by atoms with E-state index in [4.69, 9.17) is 5.11 Å². The second-order valence-corrected chi connectivity index (χ2v) is 4.04. The number of aromatic carboxylic acids is 1. The van der Waals surface area contributed by atoms with Crippen LogP contribution < -0.4 is 0 Å². The zero-order valence-corrected chi connectivity index (χ0v) is 10.1. The van der Waals surface area contributed by atoms with Crippen LogP contribution in [0.3, 0.4) is 0 Å². The summed E-state index contributed by atoms with van der Waals surface area (Å²) in [5.41, 5.74) is -0.909. The molecular weight excluding hydrogens is 264 g/mol. The Labute approximate surface area is 113 Å². The van der Waals surface area contributed by atoms with E-state index in [9.17, 15) is 24.9 Å². The van der Waals surface area contributed by atoms with E-state index in [-0.39, 0.29) is 16.9 Å². The van der Waals surface area contributed by atoms with E-state index >= 15 is 0 Å². The average Bonchev–Trinajstić information content (AvgIpc) is 2.38. The van der Waals surface area contributed by atoms with E-state index in [0.717, 1.165) is 12.1 Å². The van der Waals surface area contributed by atoms with Crippen molar-refractivity contribution in [2.45, 2.75) is 0 Å². The van der Waals surface area contributed by atoms with Gasteiger partial charge in [-0.3, -0.25) is 4.79 Å². The summed E-state index contributed by atoms with van der Waals surface area (Å²) in [6, 6.07) is 7.31. The fraction of sp³-hybridized carbons (Fsp3) is 0. The summed E-state index contributed by atoms with van der Waals surface area (Å²) in [6.07, 6.45) is 0. The number of ketones is 1. The Morgan fingerprint density at radius 3 is 1.95 bits per heavy atom. The van der Waals surface area contributed by atoms with Gasteiger partial charge >= 0.3 is 5.97 Å². The number of aromatic hydroxyl groups is 3.